The van der Waals surface area contributed by atoms with Gasteiger partial charge in [-0.2, -0.15) is 21.0 Å². The predicted octanol–water partition coefficient (Wildman–Crippen LogP) is 2.84. The molecule has 2 rings (SSSR count). The van der Waals surface area contributed by atoms with Crippen LogP contribution in [0.5, 0.6) is 5.75 Å². The summed E-state index contributed by atoms with van der Waals surface area (Å²) in [6.45, 7) is 1.80. The quantitative estimate of drug-likeness (QED) is 0.838. The second-order valence-electron chi connectivity index (χ2n) is 6.07. The first-order valence-electron chi connectivity index (χ1n) is 7.80. The molecule has 0 N–H and O–H groups in total. The fourth-order valence-corrected chi connectivity index (χ4v) is 3.68. The van der Waals surface area contributed by atoms with Gasteiger partial charge < -0.3 is 4.74 Å². The van der Waals surface area contributed by atoms with Crippen molar-refractivity contribution in [1.82, 2.24) is 0 Å². The third-order valence-corrected chi connectivity index (χ3v) is 5.04. The lowest BCUT2D eigenvalue weighted by Gasteiger charge is -2.45. The van der Waals surface area contributed by atoms with Crippen LogP contribution < -0.4 is 4.74 Å². The van der Waals surface area contributed by atoms with Crippen LogP contribution in [0.2, 0.25) is 0 Å². The fourth-order valence-electron chi connectivity index (χ4n) is 3.68. The third kappa shape index (κ3) is 2.40. The highest BCUT2D eigenvalue weighted by molar-refractivity contribution is 5.86. The van der Waals surface area contributed by atoms with Crippen molar-refractivity contribution in [2.75, 3.05) is 7.11 Å². The first kappa shape index (κ1) is 18.0. The molecule has 6 heteroatoms. The second-order valence-corrected chi connectivity index (χ2v) is 6.07. The van der Waals surface area contributed by atoms with E-state index < -0.39 is 29.1 Å². The molecule has 0 aliphatic heterocycles. The molecular formula is C19H16N4O2. The lowest BCUT2D eigenvalue weighted by molar-refractivity contribution is -0.130. The van der Waals surface area contributed by atoms with Gasteiger partial charge in [-0.05, 0) is 24.1 Å². The number of hydrogen-bond acceptors (Lipinski definition) is 6. The van der Waals surface area contributed by atoms with Crippen molar-refractivity contribution in [2.24, 2.45) is 16.7 Å². The summed E-state index contributed by atoms with van der Waals surface area (Å²) >= 11 is 0. The van der Waals surface area contributed by atoms with Crippen LogP contribution in [0.4, 0.5) is 0 Å². The van der Waals surface area contributed by atoms with Gasteiger partial charge in [0.1, 0.15) is 11.5 Å². The molecule has 25 heavy (non-hydrogen) atoms. The van der Waals surface area contributed by atoms with E-state index in [9.17, 15) is 25.8 Å². The van der Waals surface area contributed by atoms with Gasteiger partial charge in [-0.15, -0.1) is 0 Å². The number of Topliss-reactive ketones (excluding diaryl/α,β-unsaturated/α-hetero) is 1. The number of hydrogen-bond donors (Lipinski definition) is 0. The molecule has 1 aromatic carbocycles. The van der Waals surface area contributed by atoms with Crippen LogP contribution >= 0.6 is 0 Å². The highest BCUT2D eigenvalue weighted by Crippen LogP contribution is 2.58. The van der Waals surface area contributed by atoms with Crippen LogP contribution in [-0.2, 0) is 4.79 Å². The maximum atomic E-state index is 12.6. The summed E-state index contributed by atoms with van der Waals surface area (Å²) in [6.07, 6.45) is -0.000141. The number of ether oxygens (including phenoxy) is 1. The van der Waals surface area contributed by atoms with Crippen molar-refractivity contribution >= 4 is 5.78 Å². The highest BCUT2D eigenvalue weighted by atomic mass is 16.5. The van der Waals surface area contributed by atoms with Crippen molar-refractivity contribution in [3.8, 4) is 30.0 Å². The normalized spacial score (nSPS) is 23.4. The van der Waals surface area contributed by atoms with E-state index >= 15 is 0 Å². The van der Waals surface area contributed by atoms with Crippen molar-refractivity contribution in [3.05, 3.63) is 29.8 Å². The molecule has 0 radical (unpaired) electrons. The summed E-state index contributed by atoms with van der Waals surface area (Å²) in [4.78, 5) is 12.6. The van der Waals surface area contributed by atoms with Gasteiger partial charge in [0.05, 0.1) is 31.4 Å². The average Bonchev–Trinajstić information content (AvgIpc) is 2.67. The molecule has 1 fully saturated rings. The van der Waals surface area contributed by atoms with Crippen molar-refractivity contribution in [1.29, 1.82) is 21.0 Å². The summed E-state index contributed by atoms with van der Waals surface area (Å²) in [7, 11) is 1.51. The van der Waals surface area contributed by atoms with Gasteiger partial charge in [-0.3, -0.25) is 4.79 Å². The Morgan fingerprint density at radius 1 is 1.08 bits per heavy atom. The lowest BCUT2D eigenvalue weighted by Crippen LogP contribution is -2.52. The van der Waals surface area contributed by atoms with Gasteiger partial charge in [-0.1, -0.05) is 19.1 Å². The first-order chi connectivity index (χ1) is 12.0. The highest BCUT2D eigenvalue weighted by Gasteiger charge is 2.66. The van der Waals surface area contributed by atoms with Crippen LogP contribution in [0.3, 0.4) is 0 Å². The summed E-state index contributed by atoms with van der Waals surface area (Å²) < 4.78 is 5.12. The summed E-state index contributed by atoms with van der Waals surface area (Å²) in [5, 5.41) is 39.0. The van der Waals surface area contributed by atoms with E-state index in [4.69, 9.17) is 4.74 Å². The Morgan fingerprint density at radius 2 is 1.64 bits per heavy atom. The monoisotopic (exact) mass is 332 g/mol. The molecule has 0 bridgehead atoms. The Morgan fingerprint density at radius 3 is 2.04 bits per heavy atom. The minimum atomic E-state index is -2.00. The molecule has 2 unspecified atom stereocenters. The van der Waals surface area contributed by atoms with Gasteiger partial charge in [-0.25, -0.2) is 0 Å². The Labute approximate surface area is 146 Å². The zero-order valence-electron chi connectivity index (χ0n) is 14.0. The minimum Gasteiger partial charge on any atom is -0.497 e. The number of rotatable bonds is 3. The number of carbonyl (C=O) groups is 1. The molecule has 0 aromatic heterocycles. The maximum absolute atomic E-state index is 12.6. The second kappa shape index (κ2) is 6.64. The fraction of sp³-hybridized carbons (Fsp3) is 0.421. The SMILES string of the molecule is CCC1C(=O)CC(C#N)(C#N)C(C#N)(C#N)C1c1ccc(OC)cc1. The maximum Gasteiger partial charge on any atom is 0.183 e. The van der Waals surface area contributed by atoms with E-state index in [1.807, 2.05) is 12.1 Å². The summed E-state index contributed by atoms with van der Waals surface area (Å²) in [5.74, 6) is -1.15. The van der Waals surface area contributed by atoms with Gasteiger partial charge in [0.15, 0.2) is 10.8 Å². The molecule has 0 amide bonds. The molecule has 0 saturated heterocycles. The van der Waals surface area contributed by atoms with Gasteiger partial charge in [0.25, 0.3) is 0 Å². The number of benzene rings is 1. The van der Waals surface area contributed by atoms with Crippen LogP contribution in [0.15, 0.2) is 24.3 Å². The zero-order valence-corrected chi connectivity index (χ0v) is 14.0. The van der Waals surface area contributed by atoms with Crippen LogP contribution in [-0.4, -0.2) is 12.9 Å². The molecule has 1 saturated carbocycles. The zero-order chi connectivity index (χ0) is 18.7. The molecule has 1 aromatic rings. The van der Waals surface area contributed by atoms with Crippen LogP contribution in [0.1, 0.15) is 31.2 Å². The Kier molecular flexibility index (Phi) is 4.78. The molecule has 1 aliphatic carbocycles. The number of ketones is 1. The van der Waals surface area contributed by atoms with E-state index in [-0.39, 0.29) is 5.78 Å². The molecule has 0 spiro atoms. The van der Waals surface area contributed by atoms with Crippen LogP contribution in [0, 0.1) is 62.1 Å². The van der Waals surface area contributed by atoms with E-state index in [0.717, 1.165) is 0 Å². The topological polar surface area (TPSA) is 121 Å². The molecule has 0 heterocycles. The molecule has 1 aliphatic rings. The number of carbonyl (C=O) groups excluding carboxylic acids is 1. The Bertz CT molecular complexity index is 818. The minimum absolute atomic E-state index is 0.271. The van der Waals surface area contributed by atoms with E-state index in [2.05, 4.69) is 0 Å². The molecular weight excluding hydrogens is 316 g/mol. The standard InChI is InChI=1S/C19H16N4O2/c1-3-15-16(24)8-18(9-20,10-21)19(11-22,12-23)17(15)13-4-6-14(25-2)7-5-13/h4-7,15,17H,3,8H2,1-2H3. The summed E-state index contributed by atoms with van der Waals surface area (Å²) in [6, 6.07) is 14.2. The average molecular weight is 332 g/mol. The van der Waals surface area contributed by atoms with Crippen LogP contribution in [0.25, 0.3) is 0 Å². The number of methoxy groups -OCH3 is 1. The summed E-state index contributed by atoms with van der Waals surface area (Å²) in [5.41, 5.74) is -3.36. The number of nitriles is 4. The van der Waals surface area contributed by atoms with Gasteiger partial charge in [0, 0.05) is 18.3 Å². The van der Waals surface area contributed by atoms with E-state index in [0.29, 0.717) is 17.7 Å². The molecule has 2 atom stereocenters. The third-order valence-electron chi connectivity index (χ3n) is 5.04. The predicted molar refractivity (Wildman–Crippen MR) is 86.5 cm³/mol. The van der Waals surface area contributed by atoms with E-state index in [1.165, 1.54) is 7.11 Å². The molecule has 6 nitrogen and oxygen atoms in total. The van der Waals surface area contributed by atoms with Gasteiger partial charge in [0.2, 0.25) is 0 Å². The van der Waals surface area contributed by atoms with Crippen molar-refractivity contribution in [3.63, 3.8) is 0 Å². The first-order valence-corrected chi connectivity index (χ1v) is 7.80. The van der Waals surface area contributed by atoms with Gasteiger partial charge >= 0.3 is 0 Å². The Balaban J connectivity index is 2.79. The lowest BCUT2D eigenvalue weighted by atomic mass is 9.48. The van der Waals surface area contributed by atoms with Crippen molar-refractivity contribution in [2.45, 2.75) is 25.7 Å². The van der Waals surface area contributed by atoms with Crippen molar-refractivity contribution < 1.29 is 9.53 Å². The van der Waals surface area contributed by atoms with E-state index in [1.54, 1.807) is 43.3 Å². The molecule has 124 valence electrons. The number of nitrogens with zero attached hydrogens (tertiary/aromatic N) is 4. The smallest absolute Gasteiger partial charge is 0.183 e. The Hall–Kier alpha value is -3.35. The largest absolute Gasteiger partial charge is 0.497 e.